The van der Waals surface area contributed by atoms with Gasteiger partial charge in [-0.25, -0.2) is 0 Å². The van der Waals surface area contributed by atoms with Crippen LogP contribution in [-0.4, -0.2) is 23.9 Å². The number of hydrogen-bond donors (Lipinski definition) is 0. The summed E-state index contributed by atoms with van der Waals surface area (Å²) >= 11 is 0. The van der Waals surface area contributed by atoms with Crippen molar-refractivity contribution in [2.75, 3.05) is 13.1 Å². The third-order valence-electron chi connectivity index (χ3n) is 2.08. The molecule has 0 N–H and O–H groups in total. The predicted molar refractivity (Wildman–Crippen MR) is 45.2 cm³/mol. The van der Waals surface area contributed by atoms with Crippen LogP contribution in [0.5, 0.6) is 0 Å². The second kappa shape index (κ2) is 2.91. The molecule has 0 atom stereocenters. The van der Waals surface area contributed by atoms with Crippen molar-refractivity contribution < 1.29 is 4.79 Å². The molecule has 11 heavy (non-hydrogen) atoms. The van der Waals surface area contributed by atoms with Gasteiger partial charge in [-0.15, -0.1) is 0 Å². The van der Waals surface area contributed by atoms with Crippen molar-refractivity contribution in [2.45, 2.75) is 13.8 Å². The Balaban J connectivity index is 2.85. The van der Waals surface area contributed by atoms with Crippen LogP contribution in [0.2, 0.25) is 0 Å². The van der Waals surface area contributed by atoms with Crippen LogP contribution in [0.1, 0.15) is 13.8 Å². The summed E-state index contributed by atoms with van der Waals surface area (Å²) in [6.07, 6.45) is 1.77. The molecule has 1 heterocycles. The Morgan fingerprint density at radius 1 is 1.73 bits per heavy atom. The third kappa shape index (κ3) is 1.20. The first-order valence-electron chi connectivity index (χ1n) is 3.82. The van der Waals surface area contributed by atoms with Crippen LogP contribution in [0.25, 0.3) is 0 Å². The highest BCUT2D eigenvalue weighted by atomic mass is 16.2. The summed E-state index contributed by atoms with van der Waals surface area (Å²) in [4.78, 5) is 13.1. The molecule has 0 radical (unpaired) electrons. The van der Waals surface area contributed by atoms with E-state index in [2.05, 4.69) is 6.58 Å². The minimum atomic E-state index is 0.155. The first-order valence-corrected chi connectivity index (χ1v) is 3.82. The van der Waals surface area contributed by atoms with Crippen molar-refractivity contribution in [2.24, 2.45) is 0 Å². The normalized spacial score (nSPS) is 18.0. The third-order valence-corrected chi connectivity index (χ3v) is 2.08. The summed E-state index contributed by atoms with van der Waals surface area (Å²) in [5.74, 6) is 0.155. The second-order valence-corrected chi connectivity index (χ2v) is 2.67. The first kappa shape index (κ1) is 8.05. The molecule has 0 aromatic carbocycles. The molecular formula is C9H13NO. The Labute approximate surface area is 67.2 Å². The molecule has 0 bridgehead atoms. The topological polar surface area (TPSA) is 20.3 Å². The minimum Gasteiger partial charge on any atom is -0.335 e. The second-order valence-electron chi connectivity index (χ2n) is 2.67. The Hall–Kier alpha value is -1.05. The van der Waals surface area contributed by atoms with Gasteiger partial charge >= 0.3 is 0 Å². The molecule has 2 heteroatoms. The van der Waals surface area contributed by atoms with Gasteiger partial charge in [-0.1, -0.05) is 12.7 Å². The number of carbonyl (C=O) groups is 1. The van der Waals surface area contributed by atoms with Gasteiger partial charge in [0.05, 0.1) is 0 Å². The lowest BCUT2D eigenvalue weighted by Gasteiger charge is -2.12. The lowest BCUT2D eigenvalue weighted by molar-refractivity contribution is -0.125. The molecule has 0 unspecified atom stereocenters. The molecule has 1 aliphatic heterocycles. The highest BCUT2D eigenvalue weighted by molar-refractivity contribution is 5.97. The fourth-order valence-electron chi connectivity index (χ4n) is 1.24. The van der Waals surface area contributed by atoms with Gasteiger partial charge in [0.15, 0.2) is 0 Å². The van der Waals surface area contributed by atoms with Crippen molar-refractivity contribution in [3.63, 3.8) is 0 Å². The Kier molecular flexibility index (Phi) is 2.13. The Morgan fingerprint density at radius 2 is 2.36 bits per heavy atom. The van der Waals surface area contributed by atoms with E-state index < -0.39 is 0 Å². The van der Waals surface area contributed by atoms with Gasteiger partial charge in [0.2, 0.25) is 5.91 Å². The van der Waals surface area contributed by atoms with E-state index in [4.69, 9.17) is 0 Å². The lowest BCUT2D eigenvalue weighted by Crippen LogP contribution is -2.26. The SMILES string of the molecule is C=CC1=C(C)C(=O)N(CC)C1. The molecule has 0 fully saturated rings. The van der Waals surface area contributed by atoms with E-state index in [1.165, 1.54) is 0 Å². The van der Waals surface area contributed by atoms with E-state index in [-0.39, 0.29) is 5.91 Å². The van der Waals surface area contributed by atoms with Crippen LogP contribution in [0.15, 0.2) is 23.8 Å². The Bertz CT molecular complexity index is 228. The zero-order valence-electron chi connectivity index (χ0n) is 7.05. The molecule has 0 aromatic rings. The number of carbonyl (C=O) groups excluding carboxylic acids is 1. The molecule has 0 saturated carbocycles. The van der Waals surface area contributed by atoms with Gasteiger partial charge in [-0.2, -0.15) is 0 Å². The van der Waals surface area contributed by atoms with Crippen LogP contribution in [0, 0.1) is 0 Å². The van der Waals surface area contributed by atoms with Crippen LogP contribution in [-0.2, 0) is 4.79 Å². The molecule has 0 saturated heterocycles. The molecule has 1 amide bonds. The first-order chi connectivity index (χ1) is 5.20. The van der Waals surface area contributed by atoms with E-state index >= 15 is 0 Å². The molecule has 0 spiro atoms. The van der Waals surface area contributed by atoms with Gasteiger partial charge < -0.3 is 4.90 Å². The van der Waals surface area contributed by atoms with Gasteiger partial charge in [0, 0.05) is 18.7 Å². The summed E-state index contributed by atoms with van der Waals surface area (Å²) in [5, 5.41) is 0. The van der Waals surface area contributed by atoms with E-state index in [0.717, 1.165) is 24.2 Å². The summed E-state index contributed by atoms with van der Waals surface area (Å²) in [7, 11) is 0. The van der Waals surface area contributed by atoms with Gasteiger partial charge in [0.1, 0.15) is 0 Å². The average molecular weight is 151 g/mol. The summed E-state index contributed by atoms with van der Waals surface area (Å²) in [6, 6.07) is 0. The summed E-state index contributed by atoms with van der Waals surface area (Å²) in [6.45, 7) is 9.02. The van der Waals surface area contributed by atoms with Crippen LogP contribution < -0.4 is 0 Å². The van der Waals surface area contributed by atoms with Gasteiger partial charge in [-0.05, 0) is 19.4 Å². The van der Waals surface area contributed by atoms with Crippen molar-refractivity contribution in [1.29, 1.82) is 0 Å². The maximum absolute atomic E-state index is 11.3. The lowest BCUT2D eigenvalue weighted by atomic mass is 10.2. The molecule has 0 aliphatic carbocycles. The molecule has 2 nitrogen and oxygen atoms in total. The average Bonchev–Trinajstić information content (AvgIpc) is 2.30. The van der Waals surface area contributed by atoms with Gasteiger partial charge in [-0.3, -0.25) is 4.79 Å². The fraction of sp³-hybridized carbons (Fsp3) is 0.444. The van der Waals surface area contributed by atoms with Gasteiger partial charge in [0.25, 0.3) is 0 Å². The number of hydrogen-bond acceptors (Lipinski definition) is 1. The summed E-state index contributed by atoms with van der Waals surface area (Å²) < 4.78 is 0. The van der Waals surface area contributed by atoms with E-state index in [1.54, 1.807) is 6.08 Å². The number of likely N-dealkylation sites (N-methyl/N-ethyl adjacent to an activating group) is 1. The molecule has 1 rings (SSSR count). The highest BCUT2D eigenvalue weighted by Gasteiger charge is 2.23. The predicted octanol–water partition coefficient (Wildman–Crippen LogP) is 1.35. The van der Waals surface area contributed by atoms with E-state index in [1.807, 2.05) is 18.7 Å². The number of nitrogens with zero attached hydrogens (tertiary/aromatic N) is 1. The largest absolute Gasteiger partial charge is 0.335 e. The maximum atomic E-state index is 11.3. The summed E-state index contributed by atoms with van der Waals surface area (Å²) in [5.41, 5.74) is 1.92. The van der Waals surface area contributed by atoms with Crippen LogP contribution in [0.3, 0.4) is 0 Å². The van der Waals surface area contributed by atoms with Crippen molar-refractivity contribution in [1.82, 2.24) is 4.90 Å². The molecule has 0 aromatic heterocycles. The number of rotatable bonds is 2. The quantitative estimate of drug-likeness (QED) is 0.583. The monoisotopic (exact) mass is 151 g/mol. The number of amides is 1. The zero-order chi connectivity index (χ0) is 8.43. The van der Waals surface area contributed by atoms with Crippen LogP contribution in [0.4, 0.5) is 0 Å². The van der Waals surface area contributed by atoms with Crippen LogP contribution >= 0.6 is 0 Å². The maximum Gasteiger partial charge on any atom is 0.250 e. The highest BCUT2D eigenvalue weighted by Crippen LogP contribution is 2.18. The fourth-order valence-corrected chi connectivity index (χ4v) is 1.24. The van der Waals surface area contributed by atoms with Crippen molar-refractivity contribution >= 4 is 5.91 Å². The Morgan fingerprint density at radius 3 is 2.64 bits per heavy atom. The minimum absolute atomic E-state index is 0.155. The smallest absolute Gasteiger partial charge is 0.250 e. The van der Waals surface area contributed by atoms with E-state index in [0.29, 0.717) is 0 Å². The van der Waals surface area contributed by atoms with Crippen molar-refractivity contribution in [3.8, 4) is 0 Å². The zero-order valence-corrected chi connectivity index (χ0v) is 7.05. The van der Waals surface area contributed by atoms with Crippen molar-refractivity contribution in [3.05, 3.63) is 23.8 Å². The standard InChI is InChI=1S/C9H13NO/c1-4-8-6-10(5-2)9(11)7(8)3/h4H,1,5-6H2,2-3H3. The molecule has 1 aliphatic rings. The molecular weight excluding hydrogens is 138 g/mol. The molecule has 60 valence electrons. The van der Waals surface area contributed by atoms with E-state index in [9.17, 15) is 4.79 Å².